The van der Waals surface area contributed by atoms with Gasteiger partial charge in [-0.15, -0.1) is 11.3 Å². The normalized spacial score (nSPS) is 10.4. The first-order valence-electron chi connectivity index (χ1n) is 5.84. The van der Waals surface area contributed by atoms with Gasteiger partial charge >= 0.3 is 0 Å². The molecule has 0 aliphatic carbocycles. The molecule has 0 spiro atoms. The van der Waals surface area contributed by atoms with Gasteiger partial charge in [0.2, 0.25) is 0 Å². The molecule has 0 bridgehead atoms. The Hall–Kier alpha value is -1.88. The molecule has 1 aromatic heterocycles. The van der Waals surface area contributed by atoms with Crippen molar-refractivity contribution >= 4 is 17.2 Å². The number of carbonyl (C=O) groups excluding carboxylic acids is 1. The molecule has 0 aliphatic heterocycles. The highest BCUT2D eigenvalue weighted by Crippen LogP contribution is 2.19. The molecular weight excluding hydrogens is 265 g/mol. The van der Waals surface area contributed by atoms with Crippen LogP contribution in [0.25, 0.3) is 0 Å². The van der Waals surface area contributed by atoms with Crippen molar-refractivity contribution in [3.8, 4) is 5.75 Å². The third kappa shape index (κ3) is 3.32. The maximum absolute atomic E-state index is 13.1. The summed E-state index contributed by atoms with van der Waals surface area (Å²) in [5, 5.41) is 11.6. The topological polar surface area (TPSA) is 40.5 Å². The van der Waals surface area contributed by atoms with E-state index < -0.39 is 5.82 Å². The summed E-state index contributed by atoms with van der Waals surface area (Å²) in [5.41, 5.74) is -0.00585. The summed E-state index contributed by atoms with van der Waals surface area (Å²) in [6, 6.07) is 7.33. The number of amides is 1. The largest absolute Gasteiger partial charge is 0.507 e. The minimum absolute atomic E-state index is 0.00585. The predicted octanol–water partition coefficient (Wildman–Crippen LogP) is 2.91. The fourth-order valence-corrected chi connectivity index (χ4v) is 2.42. The molecule has 100 valence electrons. The zero-order valence-electron chi connectivity index (χ0n) is 10.5. The lowest BCUT2D eigenvalue weighted by atomic mass is 10.1. The maximum Gasteiger partial charge on any atom is 0.257 e. The van der Waals surface area contributed by atoms with Gasteiger partial charge < -0.3 is 10.0 Å². The first-order chi connectivity index (χ1) is 9.08. The fraction of sp³-hybridized carbons (Fsp3) is 0.214. The number of hydrogen-bond acceptors (Lipinski definition) is 3. The number of likely N-dealkylation sites (N-methyl/N-ethyl adjacent to an activating group) is 1. The molecular formula is C14H14FNO2S. The van der Waals surface area contributed by atoms with E-state index in [0.717, 1.165) is 18.6 Å². The number of benzene rings is 1. The molecule has 0 saturated carbocycles. The average molecular weight is 279 g/mol. The molecule has 0 radical (unpaired) electrons. The first-order valence-corrected chi connectivity index (χ1v) is 6.72. The van der Waals surface area contributed by atoms with Crippen LogP contribution < -0.4 is 0 Å². The molecule has 1 amide bonds. The van der Waals surface area contributed by atoms with Gasteiger partial charge in [-0.1, -0.05) is 6.07 Å². The van der Waals surface area contributed by atoms with Crippen molar-refractivity contribution in [1.29, 1.82) is 0 Å². The summed E-state index contributed by atoms with van der Waals surface area (Å²) in [5.74, 6) is -1.12. The average Bonchev–Trinajstić information content (AvgIpc) is 2.91. The molecule has 0 fully saturated rings. The van der Waals surface area contributed by atoms with Crippen molar-refractivity contribution in [3.05, 3.63) is 52.0 Å². The van der Waals surface area contributed by atoms with Crippen LogP contribution in [0.3, 0.4) is 0 Å². The van der Waals surface area contributed by atoms with E-state index in [2.05, 4.69) is 0 Å². The van der Waals surface area contributed by atoms with E-state index in [0.29, 0.717) is 6.54 Å². The van der Waals surface area contributed by atoms with Crippen molar-refractivity contribution in [2.45, 2.75) is 6.42 Å². The Morgan fingerprint density at radius 2 is 2.21 bits per heavy atom. The van der Waals surface area contributed by atoms with Gasteiger partial charge in [0, 0.05) is 18.5 Å². The van der Waals surface area contributed by atoms with E-state index in [1.54, 1.807) is 18.4 Å². The predicted molar refractivity (Wildman–Crippen MR) is 73.0 cm³/mol. The number of thiophene rings is 1. The van der Waals surface area contributed by atoms with Crippen molar-refractivity contribution in [1.82, 2.24) is 4.90 Å². The summed E-state index contributed by atoms with van der Waals surface area (Å²) in [7, 11) is 1.64. The molecule has 2 rings (SSSR count). The number of hydrogen-bond donors (Lipinski definition) is 1. The van der Waals surface area contributed by atoms with Gasteiger partial charge in [-0.05, 0) is 36.1 Å². The van der Waals surface area contributed by atoms with Crippen molar-refractivity contribution in [3.63, 3.8) is 0 Å². The molecule has 1 heterocycles. The minimum Gasteiger partial charge on any atom is -0.507 e. The Morgan fingerprint density at radius 3 is 2.89 bits per heavy atom. The second kappa shape index (κ2) is 5.84. The van der Waals surface area contributed by atoms with Crippen LogP contribution in [-0.2, 0) is 6.42 Å². The number of rotatable bonds is 4. The Morgan fingerprint density at radius 1 is 1.42 bits per heavy atom. The molecule has 2 aromatic rings. The van der Waals surface area contributed by atoms with Crippen molar-refractivity contribution < 1.29 is 14.3 Å². The highest BCUT2D eigenvalue weighted by Gasteiger charge is 2.16. The van der Waals surface area contributed by atoms with Crippen LogP contribution in [0.2, 0.25) is 0 Å². The molecule has 5 heteroatoms. The standard InChI is InChI=1S/C14H14FNO2S/c1-16(7-6-11-3-2-8-19-11)14(18)12-9-10(15)4-5-13(12)17/h2-5,8-9,17H,6-7H2,1H3. The van der Waals surface area contributed by atoms with Crippen LogP contribution in [0.15, 0.2) is 35.7 Å². The van der Waals surface area contributed by atoms with Gasteiger partial charge in [0.25, 0.3) is 5.91 Å². The third-order valence-corrected chi connectivity index (χ3v) is 3.75. The molecule has 0 aliphatic rings. The summed E-state index contributed by atoms with van der Waals surface area (Å²) in [6.07, 6.45) is 0.746. The second-order valence-corrected chi connectivity index (χ2v) is 5.25. The Balaban J connectivity index is 2.04. The molecule has 0 atom stereocenters. The Bertz CT molecular complexity index is 569. The van der Waals surface area contributed by atoms with E-state index in [-0.39, 0.29) is 17.2 Å². The monoisotopic (exact) mass is 279 g/mol. The molecule has 0 unspecified atom stereocenters. The summed E-state index contributed by atoms with van der Waals surface area (Å²) in [6.45, 7) is 0.523. The van der Waals surface area contributed by atoms with E-state index in [1.165, 1.54) is 15.8 Å². The SMILES string of the molecule is CN(CCc1cccs1)C(=O)c1cc(F)ccc1O. The van der Waals surface area contributed by atoms with Crippen molar-refractivity contribution in [2.75, 3.05) is 13.6 Å². The number of halogens is 1. The number of carbonyl (C=O) groups is 1. The zero-order chi connectivity index (χ0) is 13.8. The van der Waals surface area contributed by atoms with Gasteiger partial charge in [0.15, 0.2) is 0 Å². The van der Waals surface area contributed by atoms with E-state index in [9.17, 15) is 14.3 Å². The number of aromatic hydroxyl groups is 1. The first kappa shape index (κ1) is 13.5. The van der Waals surface area contributed by atoms with Gasteiger partial charge in [-0.2, -0.15) is 0 Å². The van der Waals surface area contributed by atoms with Gasteiger partial charge in [-0.25, -0.2) is 4.39 Å². The molecule has 1 aromatic carbocycles. The third-order valence-electron chi connectivity index (χ3n) is 2.81. The lowest BCUT2D eigenvalue weighted by Gasteiger charge is -2.17. The van der Waals surface area contributed by atoms with E-state index in [1.807, 2.05) is 17.5 Å². The summed E-state index contributed by atoms with van der Waals surface area (Å²) in [4.78, 5) is 14.7. The fourth-order valence-electron chi connectivity index (χ4n) is 1.72. The second-order valence-electron chi connectivity index (χ2n) is 4.22. The van der Waals surface area contributed by atoms with Crippen LogP contribution in [0, 0.1) is 5.82 Å². The molecule has 19 heavy (non-hydrogen) atoms. The quantitative estimate of drug-likeness (QED) is 0.935. The van der Waals surface area contributed by atoms with Gasteiger partial charge in [-0.3, -0.25) is 4.79 Å². The summed E-state index contributed by atoms with van der Waals surface area (Å²) < 4.78 is 13.1. The lowest BCUT2D eigenvalue weighted by molar-refractivity contribution is 0.0793. The van der Waals surface area contributed by atoms with E-state index in [4.69, 9.17) is 0 Å². The number of nitrogens with zero attached hydrogens (tertiary/aromatic N) is 1. The van der Waals surface area contributed by atoms with Crippen LogP contribution >= 0.6 is 11.3 Å². The Labute approximate surface area is 114 Å². The zero-order valence-corrected chi connectivity index (χ0v) is 11.3. The van der Waals surface area contributed by atoms with Crippen molar-refractivity contribution in [2.24, 2.45) is 0 Å². The van der Waals surface area contributed by atoms with Gasteiger partial charge in [0.05, 0.1) is 5.56 Å². The number of phenolic OH excluding ortho intramolecular Hbond substituents is 1. The molecule has 1 N–H and O–H groups in total. The minimum atomic E-state index is -0.534. The van der Waals surface area contributed by atoms with Crippen LogP contribution in [-0.4, -0.2) is 29.5 Å². The van der Waals surface area contributed by atoms with Crippen LogP contribution in [0.4, 0.5) is 4.39 Å². The Kier molecular flexibility index (Phi) is 4.16. The summed E-state index contributed by atoms with van der Waals surface area (Å²) >= 11 is 1.63. The van der Waals surface area contributed by atoms with E-state index >= 15 is 0 Å². The molecule has 0 saturated heterocycles. The lowest BCUT2D eigenvalue weighted by Crippen LogP contribution is -2.28. The van der Waals surface area contributed by atoms with Gasteiger partial charge in [0.1, 0.15) is 11.6 Å². The highest BCUT2D eigenvalue weighted by atomic mass is 32.1. The maximum atomic E-state index is 13.1. The molecule has 3 nitrogen and oxygen atoms in total. The van der Waals surface area contributed by atoms with Crippen LogP contribution in [0.1, 0.15) is 15.2 Å². The van der Waals surface area contributed by atoms with Crippen LogP contribution in [0.5, 0.6) is 5.75 Å². The highest BCUT2D eigenvalue weighted by molar-refractivity contribution is 7.09. The smallest absolute Gasteiger partial charge is 0.257 e. The number of phenols is 1.